The molecule has 7 N–H and O–H groups in total. The van der Waals surface area contributed by atoms with Crippen LogP contribution in [0.2, 0.25) is 0 Å². The van der Waals surface area contributed by atoms with E-state index in [-0.39, 0.29) is 12.2 Å². The number of phosphoric acid groups is 3. The summed E-state index contributed by atoms with van der Waals surface area (Å²) in [5.74, 6) is -0.0380. The van der Waals surface area contributed by atoms with E-state index in [1.165, 1.54) is 12.3 Å². The van der Waals surface area contributed by atoms with Gasteiger partial charge in [-0.2, -0.15) is 13.6 Å². The molecule has 1 aliphatic rings. The van der Waals surface area contributed by atoms with Crippen molar-refractivity contribution in [1.29, 1.82) is 0 Å². The minimum atomic E-state index is -5.65. The van der Waals surface area contributed by atoms with Gasteiger partial charge in [0.15, 0.2) is 0 Å². The Kier molecular flexibility index (Phi) is 6.99. The molecule has 28 heavy (non-hydrogen) atoms. The first kappa shape index (κ1) is 23.3. The molecule has 0 radical (unpaired) electrons. The monoisotopic (exact) mass is 467 g/mol. The van der Waals surface area contributed by atoms with Crippen LogP contribution in [0.1, 0.15) is 12.6 Å². The van der Waals surface area contributed by atoms with E-state index in [2.05, 4.69) is 18.1 Å². The summed E-state index contributed by atoms with van der Waals surface area (Å²) in [6.07, 6.45) is -2.42. The maximum atomic E-state index is 11.8. The summed E-state index contributed by atoms with van der Waals surface area (Å²) in [7, 11) is -16.5. The molecule has 0 saturated carbocycles. The van der Waals surface area contributed by atoms with Crippen molar-refractivity contribution in [3.8, 4) is 0 Å². The number of hydrogen-bond donors (Lipinski definition) is 6. The maximum Gasteiger partial charge on any atom is 0.490 e. The zero-order valence-corrected chi connectivity index (χ0v) is 16.3. The molecule has 1 saturated heterocycles. The van der Waals surface area contributed by atoms with Crippen molar-refractivity contribution >= 4 is 29.3 Å². The quantitative estimate of drug-likeness (QED) is 0.246. The predicted molar refractivity (Wildman–Crippen MR) is 87.3 cm³/mol. The Morgan fingerprint density at radius 1 is 1.21 bits per heavy atom. The van der Waals surface area contributed by atoms with Gasteiger partial charge in [0.1, 0.15) is 18.1 Å². The fraction of sp³-hybridized carbons (Fsp3) is 0.556. The van der Waals surface area contributed by atoms with Crippen molar-refractivity contribution in [2.75, 3.05) is 12.3 Å². The molecule has 1 aromatic rings. The smallest absolute Gasteiger partial charge is 0.390 e. The van der Waals surface area contributed by atoms with Gasteiger partial charge < -0.3 is 35.2 Å². The Hall–Kier alpha value is -0.990. The number of aromatic nitrogens is 2. The van der Waals surface area contributed by atoms with Crippen molar-refractivity contribution in [1.82, 2.24) is 9.55 Å². The number of hydrogen-bond acceptors (Lipinski definition) is 11. The number of aliphatic hydroxyl groups is 1. The highest BCUT2D eigenvalue weighted by Gasteiger charge is 2.42. The van der Waals surface area contributed by atoms with E-state index < -0.39 is 54.2 Å². The van der Waals surface area contributed by atoms with E-state index in [1.807, 2.05) is 0 Å². The highest BCUT2D eigenvalue weighted by Crippen LogP contribution is 2.66. The third-order valence-corrected chi connectivity index (χ3v) is 6.99. The molecule has 16 nitrogen and oxygen atoms in total. The molecular formula is C9H16N3O13P3. The van der Waals surface area contributed by atoms with Gasteiger partial charge in [-0.05, 0) is 6.07 Å². The van der Waals surface area contributed by atoms with Crippen molar-refractivity contribution < 1.29 is 56.3 Å². The van der Waals surface area contributed by atoms with Crippen LogP contribution in [0, 0.1) is 0 Å². The molecule has 0 aliphatic carbocycles. The van der Waals surface area contributed by atoms with Crippen LogP contribution in [0.5, 0.6) is 0 Å². The van der Waals surface area contributed by atoms with Gasteiger partial charge in [0.05, 0.1) is 12.7 Å². The van der Waals surface area contributed by atoms with Crippen molar-refractivity contribution in [3.05, 3.63) is 22.7 Å². The topological polar surface area (TPSA) is 250 Å². The molecule has 5 atom stereocenters. The first-order valence-corrected chi connectivity index (χ1v) is 11.7. The van der Waals surface area contributed by atoms with E-state index in [4.69, 9.17) is 25.2 Å². The second-order valence-electron chi connectivity index (χ2n) is 5.36. The number of nitrogens with zero attached hydrogens (tertiary/aromatic N) is 2. The molecule has 160 valence electrons. The summed E-state index contributed by atoms with van der Waals surface area (Å²) in [4.78, 5) is 50.5. The van der Waals surface area contributed by atoms with E-state index in [1.54, 1.807) is 0 Å². The fourth-order valence-corrected chi connectivity index (χ4v) is 5.18. The molecule has 1 aromatic heterocycles. The SMILES string of the molecule is Nc1ccn([C@H]2CC(O)[C@@H](COP(=O)(O)OP(=O)(O)OP(=O)(O)O)O2)c(=O)n1. The first-order valence-electron chi connectivity index (χ1n) is 7.14. The predicted octanol–water partition coefficient (Wildman–Crippen LogP) is -1.18. The van der Waals surface area contributed by atoms with Crippen LogP contribution < -0.4 is 11.4 Å². The number of rotatable bonds is 8. The van der Waals surface area contributed by atoms with Crippen LogP contribution in [0.25, 0.3) is 0 Å². The van der Waals surface area contributed by atoms with Crippen molar-refractivity contribution in [2.45, 2.75) is 24.9 Å². The van der Waals surface area contributed by atoms with E-state index in [0.29, 0.717) is 0 Å². The van der Waals surface area contributed by atoms with Gasteiger partial charge in [0.25, 0.3) is 0 Å². The molecule has 3 unspecified atom stereocenters. The lowest BCUT2D eigenvalue weighted by atomic mass is 10.2. The largest absolute Gasteiger partial charge is 0.490 e. The second kappa shape index (κ2) is 8.40. The molecule has 2 rings (SSSR count). The maximum absolute atomic E-state index is 11.8. The number of nitrogen functional groups attached to an aromatic ring is 1. The average molecular weight is 467 g/mol. The highest BCUT2D eigenvalue weighted by atomic mass is 31.3. The lowest BCUT2D eigenvalue weighted by Gasteiger charge is -2.19. The summed E-state index contributed by atoms with van der Waals surface area (Å²) in [5.41, 5.74) is 4.58. The third-order valence-electron chi connectivity index (χ3n) is 3.18. The van der Waals surface area contributed by atoms with Gasteiger partial charge in [0, 0.05) is 12.6 Å². The lowest BCUT2D eigenvalue weighted by molar-refractivity contribution is -0.0449. The summed E-state index contributed by atoms with van der Waals surface area (Å²) in [6.45, 7) is -0.849. The normalized spacial score (nSPS) is 27.2. The molecule has 1 fully saturated rings. The molecule has 19 heteroatoms. The minimum absolute atomic E-state index is 0.0380. The molecule has 2 heterocycles. The molecule has 0 spiro atoms. The molecule has 0 amide bonds. The summed E-state index contributed by atoms with van der Waals surface area (Å²) in [5, 5.41) is 9.94. The van der Waals surface area contributed by atoms with Crippen LogP contribution in [-0.2, 0) is 31.6 Å². The lowest BCUT2D eigenvalue weighted by Crippen LogP contribution is -2.28. The summed E-state index contributed by atoms with van der Waals surface area (Å²) >= 11 is 0. The Morgan fingerprint density at radius 3 is 2.43 bits per heavy atom. The molecule has 0 aromatic carbocycles. The van der Waals surface area contributed by atoms with E-state index >= 15 is 0 Å². The number of aliphatic hydroxyl groups excluding tert-OH is 1. The minimum Gasteiger partial charge on any atom is -0.390 e. The van der Waals surface area contributed by atoms with E-state index in [9.17, 15) is 28.5 Å². The van der Waals surface area contributed by atoms with Crippen molar-refractivity contribution in [3.63, 3.8) is 0 Å². The average Bonchev–Trinajstić information content (AvgIpc) is 2.82. The Labute approximate surface area is 155 Å². The van der Waals surface area contributed by atoms with Gasteiger partial charge in [-0.25, -0.2) is 18.5 Å². The van der Waals surface area contributed by atoms with Gasteiger partial charge in [-0.3, -0.25) is 9.09 Å². The van der Waals surface area contributed by atoms with Crippen LogP contribution in [0.15, 0.2) is 17.1 Å². The molecule has 1 aliphatic heterocycles. The Bertz CT molecular complexity index is 914. The molecule has 0 bridgehead atoms. The summed E-state index contributed by atoms with van der Waals surface area (Å²) in [6, 6.07) is 1.30. The van der Waals surface area contributed by atoms with Gasteiger partial charge in [-0.1, -0.05) is 0 Å². The standard InChI is InChI=1S/C9H16N3O13P3/c10-7-1-2-12(9(14)11-7)8-3-5(13)6(23-8)4-22-27(18,19)25-28(20,21)24-26(15,16)17/h1-2,5-6,8,13H,3-4H2,(H,18,19)(H,20,21)(H2,10,11,14)(H2,15,16,17)/t5?,6-,8-/m1/s1. The van der Waals surface area contributed by atoms with Crippen LogP contribution in [-0.4, -0.2) is 53.0 Å². The van der Waals surface area contributed by atoms with E-state index in [0.717, 1.165) is 4.57 Å². The third kappa shape index (κ3) is 6.81. The Balaban J connectivity index is 1.98. The van der Waals surface area contributed by atoms with Crippen LogP contribution >= 0.6 is 23.5 Å². The van der Waals surface area contributed by atoms with Gasteiger partial charge in [0.2, 0.25) is 0 Å². The zero-order chi connectivity index (χ0) is 21.3. The zero-order valence-electron chi connectivity index (χ0n) is 13.6. The molecular weight excluding hydrogens is 451 g/mol. The number of nitrogens with two attached hydrogens (primary N) is 1. The number of phosphoric ester groups is 1. The Morgan fingerprint density at radius 2 is 1.86 bits per heavy atom. The second-order valence-corrected chi connectivity index (χ2v) is 9.78. The van der Waals surface area contributed by atoms with Crippen molar-refractivity contribution in [2.24, 2.45) is 0 Å². The van der Waals surface area contributed by atoms with Crippen LogP contribution in [0.4, 0.5) is 5.82 Å². The fourth-order valence-electron chi connectivity index (χ4n) is 2.15. The van der Waals surface area contributed by atoms with Gasteiger partial charge >= 0.3 is 29.2 Å². The first-order chi connectivity index (χ1) is 12.7. The number of ether oxygens (including phenoxy) is 1. The summed E-state index contributed by atoms with van der Waals surface area (Å²) < 4.78 is 51.2. The highest BCUT2D eigenvalue weighted by molar-refractivity contribution is 7.66. The van der Waals surface area contributed by atoms with Crippen LogP contribution in [0.3, 0.4) is 0 Å². The number of anilines is 1. The van der Waals surface area contributed by atoms with Gasteiger partial charge in [-0.15, -0.1) is 0 Å².